The van der Waals surface area contributed by atoms with E-state index in [0.29, 0.717) is 0 Å². The molecule has 0 rings (SSSR count). The number of quaternary nitrogens is 1. The lowest BCUT2D eigenvalue weighted by Gasteiger charge is -2.38. The maximum Gasteiger partial charge on any atom is 1.00 e. The summed E-state index contributed by atoms with van der Waals surface area (Å²) in [6.45, 7) is 14.8. The van der Waals surface area contributed by atoms with E-state index in [-0.39, 0.29) is 1.43 Å². The molecule has 0 aliphatic heterocycles. The lowest BCUT2D eigenvalue weighted by Crippen LogP contribution is -2.50. The fraction of sp³-hybridized carbons (Fsp3) is 1.00. The highest BCUT2D eigenvalue weighted by molar-refractivity contribution is 4.43. The normalized spacial score (nSPS) is 12.0. The van der Waals surface area contributed by atoms with Crippen LogP contribution in [0.15, 0.2) is 0 Å². The minimum Gasteiger partial charge on any atom is -0.324 e. The third kappa shape index (κ3) is 4.66. The van der Waals surface area contributed by atoms with Gasteiger partial charge in [0.15, 0.2) is 0 Å². The fourth-order valence-electron chi connectivity index (χ4n) is 2.57. The van der Waals surface area contributed by atoms with Gasteiger partial charge in [0.1, 0.15) is 0 Å². The lowest BCUT2D eigenvalue weighted by molar-refractivity contribution is -0.928. The van der Waals surface area contributed by atoms with Crippen molar-refractivity contribution in [2.75, 3.05) is 26.2 Å². The standard InChI is InChI=1S/C12H28N/c1-5-9-13(10-6-2,11-7-3)12-8-4/h5-12H2,1-4H3/q+1/p+1. The Morgan fingerprint density at radius 3 is 1.00 bits per heavy atom. The Morgan fingerprint density at radius 1 is 0.615 bits per heavy atom. The molecule has 0 aromatic rings. The van der Waals surface area contributed by atoms with E-state index in [1.807, 2.05) is 0 Å². The topological polar surface area (TPSA) is 0 Å². The predicted octanol–water partition coefficient (Wildman–Crippen LogP) is 3.56. The van der Waals surface area contributed by atoms with E-state index < -0.39 is 0 Å². The minimum atomic E-state index is 0. The Balaban J connectivity index is 0. The molecule has 0 spiro atoms. The maximum atomic E-state index is 2.31. The second-order valence-corrected chi connectivity index (χ2v) is 4.24. The van der Waals surface area contributed by atoms with Gasteiger partial charge in [-0.2, -0.15) is 0 Å². The van der Waals surface area contributed by atoms with Gasteiger partial charge in [-0.3, -0.25) is 0 Å². The first-order valence-electron chi connectivity index (χ1n) is 6.09. The van der Waals surface area contributed by atoms with Crippen molar-refractivity contribution in [1.82, 2.24) is 0 Å². The zero-order valence-electron chi connectivity index (χ0n) is 11.1. The number of nitrogens with zero attached hydrogens (tertiary/aromatic N) is 1. The molecule has 0 atom stereocenters. The summed E-state index contributed by atoms with van der Waals surface area (Å²) in [5, 5.41) is 0. The largest absolute Gasteiger partial charge is 1.00 e. The van der Waals surface area contributed by atoms with E-state index in [1.165, 1.54) is 56.3 Å². The van der Waals surface area contributed by atoms with Gasteiger partial charge in [0.25, 0.3) is 0 Å². The molecule has 1 heteroatoms. The first-order valence-corrected chi connectivity index (χ1v) is 6.09. The summed E-state index contributed by atoms with van der Waals surface area (Å²) >= 11 is 0. The zero-order valence-corrected chi connectivity index (χ0v) is 10.1. The van der Waals surface area contributed by atoms with Crippen LogP contribution in [0.4, 0.5) is 0 Å². The molecular formula is C12H29N+2. The SMILES string of the molecule is CCC[N+](CCC)(CCC)CCC.[H+]. The van der Waals surface area contributed by atoms with Gasteiger partial charge in [0.05, 0.1) is 26.2 Å². The summed E-state index contributed by atoms with van der Waals surface area (Å²) in [6, 6.07) is 0. The average molecular weight is 187 g/mol. The van der Waals surface area contributed by atoms with Crippen LogP contribution in [-0.2, 0) is 0 Å². The van der Waals surface area contributed by atoms with Gasteiger partial charge in [-0.25, -0.2) is 0 Å². The van der Waals surface area contributed by atoms with Crippen LogP contribution in [0.5, 0.6) is 0 Å². The molecule has 0 bridgehead atoms. The van der Waals surface area contributed by atoms with Crippen LogP contribution in [0.1, 0.15) is 54.8 Å². The van der Waals surface area contributed by atoms with Crippen molar-refractivity contribution in [3.05, 3.63) is 0 Å². The van der Waals surface area contributed by atoms with Crippen LogP contribution >= 0.6 is 0 Å². The summed E-state index contributed by atoms with van der Waals surface area (Å²) in [4.78, 5) is 0. The van der Waals surface area contributed by atoms with Crippen molar-refractivity contribution in [3.8, 4) is 0 Å². The van der Waals surface area contributed by atoms with Gasteiger partial charge in [-0.05, 0) is 25.7 Å². The smallest absolute Gasteiger partial charge is 0.324 e. The summed E-state index contributed by atoms with van der Waals surface area (Å²) in [5.74, 6) is 0. The molecule has 0 heterocycles. The first-order chi connectivity index (χ1) is 6.24. The molecule has 1 nitrogen and oxygen atoms in total. The second kappa shape index (κ2) is 7.37. The van der Waals surface area contributed by atoms with E-state index in [0.717, 1.165) is 0 Å². The van der Waals surface area contributed by atoms with Crippen molar-refractivity contribution in [1.29, 1.82) is 0 Å². The Labute approximate surface area is 86.2 Å². The molecular weight excluding hydrogens is 158 g/mol. The van der Waals surface area contributed by atoms with Crippen LogP contribution in [0.2, 0.25) is 0 Å². The molecule has 0 N–H and O–H groups in total. The van der Waals surface area contributed by atoms with Crippen LogP contribution in [0, 0.1) is 0 Å². The predicted molar refractivity (Wildman–Crippen MR) is 62.0 cm³/mol. The van der Waals surface area contributed by atoms with E-state index in [4.69, 9.17) is 0 Å². The maximum absolute atomic E-state index is 2.31. The van der Waals surface area contributed by atoms with Gasteiger partial charge in [-0.1, -0.05) is 27.7 Å². The van der Waals surface area contributed by atoms with Gasteiger partial charge in [0, 0.05) is 0 Å². The Kier molecular flexibility index (Phi) is 7.35. The summed E-state index contributed by atoms with van der Waals surface area (Å²) in [6.07, 6.45) is 5.33. The molecule has 0 aliphatic rings. The third-order valence-electron chi connectivity index (χ3n) is 2.79. The van der Waals surface area contributed by atoms with Crippen molar-refractivity contribution >= 4 is 0 Å². The van der Waals surface area contributed by atoms with E-state index in [9.17, 15) is 0 Å². The summed E-state index contributed by atoms with van der Waals surface area (Å²) < 4.78 is 1.38. The zero-order chi connectivity index (χ0) is 10.2. The number of hydrogen-bond acceptors (Lipinski definition) is 0. The Bertz CT molecular complexity index is 85.4. The molecule has 0 aromatic carbocycles. The number of hydrogen-bond donors (Lipinski definition) is 0. The molecule has 0 unspecified atom stereocenters. The second-order valence-electron chi connectivity index (χ2n) is 4.24. The van der Waals surface area contributed by atoms with Crippen molar-refractivity contribution in [2.24, 2.45) is 0 Å². The fourth-order valence-corrected chi connectivity index (χ4v) is 2.57. The molecule has 0 fully saturated rings. The van der Waals surface area contributed by atoms with Gasteiger partial charge in [0.2, 0.25) is 0 Å². The molecule has 0 aromatic heterocycles. The van der Waals surface area contributed by atoms with E-state index >= 15 is 0 Å². The monoisotopic (exact) mass is 187 g/mol. The van der Waals surface area contributed by atoms with Crippen LogP contribution < -0.4 is 0 Å². The van der Waals surface area contributed by atoms with Gasteiger partial charge >= 0.3 is 1.43 Å². The van der Waals surface area contributed by atoms with Gasteiger partial charge in [-0.15, -0.1) is 0 Å². The summed E-state index contributed by atoms with van der Waals surface area (Å²) in [7, 11) is 0. The molecule has 13 heavy (non-hydrogen) atoms. The van der Waals surface area contributed by atoms with E-state index in [1.54, 1.807) is 0 Å². The van der Waals surface area contributed by atoms with Gasteiger partial charge < -0.3 is 4.48 Å². The lowest BCUT2D eigenvalue weighted by atomic mass is 10.2. The summed E-state index contributed by atoms with van der Waals surface area (Å²) in [5.41, 5.74) is 0. The minimum absolute atomic E-state index is 0. The molecule has 0 saturated carbocycles. The van der Waals surface area contributed by atoms with Crippen molar-refractivity contribution < 1.29 is 5.91 Å². The molecule has 80 valence electrons. The van der Waals surface area contributed by atoms with Crippen LogP contribution in [0.25, 0.3) is 0 Å². The Morgan fingerprint density at radius 2 is 0.846 bits per heavy atom. The molecule has 0 amide bonds. The van der Waals surface area contributed by atoms with Crippen LogP contribution in [0.3, 0.4) is 0 Å². The highest BCUT2D eigenvalue weighted by Crippen LogP contribution is 2.12. The molecule has 0 radical (unpaired) electrons. The highest BCUT2D eigenvalue weighted by atomic mass is 15.3. The van der Waals surface area contributed by atoms with E-state index in [2.05, 4.69) is 27.7 Å². The van der Waals surface area contributed by atoms with Crippen LogP contribution in [-0.4, -0.2) is 30.7 Å². The first kappa shape index (κ1) is 13.0. The third-order valence-corrected chi connectivity index (χ3v) is 2.79. The molecule has 0 aliphatic carbocycles. The Hall–Kier alpha value is -0.0400. The highest BCUT2D eigenvalue weighted by Gasteiger charge is 2.22. The number of rotatable bonds is 8. The quantitative estimate of drug-likeness (QED) is 0.510. The average Bonchev–Trinajstić information content (AvgIpc) is 2.06. The van der Waals surface area contributed by atoms with Crippen molar-refractivity contribution in [3.63, 3.8) is 0 Å². The molecule has 0 saturated heterocycles. The van der Waals surface area contributed by atoms with Crippen molar-refractivity contribution in [2.45, 2.75) is 53.4 Å².